The van der Waals surface area contributed by atoms with E-state index in [9.17, 15) is 4.39 Å². The van der Waals surface area contributed by atoms with Crippen molar-refractivity contribution in [2.24, 2.45) is 0 Å². The Morgan fingerprint density at radius 1 is 1.21 bits per heavy atom. The van der Waals surface area contributed by atoms with Crippen LogP contribution < -0.4 is 10.2 Å². The summed E-state index contributed by atoms with van der Waals surface area (Å²) in [5.41, 5.74) is 2.98. The maximum atomic E-state index is 14.2. The topological polar surface area (TPSA) is 98.4 Å². The zero-order chi connectivity index (χ0) is 19.1. The molecule has 1 aliphatic rings. The second-order valence-corrected chi connectivity index (χ2v) is 7.08. The van der Waals surface area contributed by atoms with Crippen molar-refractivity contribution in [3.05, 3.63) is 53.9 Å². The van der Waals surface area contributed by atoms with Gasteiger partial charge in [-0.2, -0.15) is 10.1 Å². The number of anilines is 3. The number of aromatic amines is 2. The van der Waals surface area contributed by atoms with E-state index in [1.54, 1.807) is 12.3 Å². The standard InChI is InChI=1S/C19H19FN8/c1-28(9-11-6-13(20)18-15(7-11)22-10-23-18)19-21-5-4-16(25-19)24-17-8-14(26-27-17)12-2-3-12/h4-8,10,12H,2-3,9H2,1H3,(H,22,23)(H2,21,24,25,26,27). The Bertz CT molecular complexity index is 1130. The molecule has 4 aromatic rings. The largest absolute Gasteiger partial charge is 0.344 e. The number of hydrogen-bond donors (Lipinski definition) is 3. The van der Waals surface area contributed by atoms with Crippen molar-refractivity contribution in [2.45, 2.75) is 25.3 Å². The third-order valence-corrected chi connectivity index (χ3v) is 4.81. The number of H-pyrrole nitrogens is 2. The molecule has 0 saturated heterocycles. The monoisotopic (exact) mass is 378 g/mol. The summed E-state index contributed by atoms with van der Waals surface area (Å²) in [5, 5.41) is 10.6. The van der Waals surface area contributed by atoms with Crippen LogP contribution in [0.1, 0.15) is 30.0 Å². The van der Waals surface area contributed by atoms with Crippen molar-refractivity contribution in [3.63, 3.8) is 0 Å². The molecular weight excluding hydrogens is 359 g/mol. The molecule has 3 aromatic heterocycles. The average Bonchev–Trinajstić information content (AvgIpc) is 3.23. The van der Waals surface area contributed by atoms with Crippen molar-refractivity contribution in [2.75, 3.05) is 17.3 Å². The van der Waals surface area contributed by atoms with Gasteiger partial charge in [-0.15, -0.1) is 0 Å². The first-order chi connectivity index (χ1) is 13.7. The van der Waals surface area contributed by atoms with E-state index in [4.69, 9.17) is 0 Å². The van der Waals surface area contributed by atoms with Gasteiger partial charge in [0, 0.05) is 37.5 Å². The van der Waals surface area contributed by atoms with Gasteiger partial charge >= 0.3 is 0 Å². The van der Waals surface area contributed by atoms with Gasteiger partial charge in [-0.3, -0.25) is 5.10 Å². The van der Waals surface area contributed by atoms with E-state index in [0.717, 1.165) is 17.1 Å². The summed E-state index contributed by atoms with van der Waals surface area (Å²) in [4.78, 5) is 17.7. The molecule has 0 amide bonds. The number of nitrogens with zero attached hydrogens (tertiary/aromatic N) is 5. The van der Waals surface area contributed by atoms with Gasteiger partial charge in [0.25, 0.3) is 0 Å². The lowest BCUT2D eigenvalue weighted by Crippen LogP contribution is -2.19. The molecule has 0 atom stereocenters. The Balaban J connectivity index is 1.32. The molecule has 5 rings (SSSR count). The smallest absolute Gasteiger partial charge is 0.227 e. The summed E-state index contributed by atoms with van der Waals surface area (Å²) in [6, 6.07) is 7.18. The van der Waals surface area contributed by atoms with Crippen molar-refractivity contribution >= 4 is 28.6 Å². The van der Waals surface area contributed by atoms with E-state index >= 15 is 0 Å². The molecule has 8 nitrogen and oxygen atoms in total. The maximum absolute atomic E-state index is 14.2. The molecule has 0 aliphatic heterocycles. The summed E-state index contributed by atoms with van der Waals surface area (Å²) in [7, 11) is 1.87. The fraction of sp³-hybridized carbons (Fsp3) is 0.263. The van der Waals surface area contributed by atoms with Crippen molar-refractivity contribution in [3.8, 4) is 0 Å². The van der Waals surface area contributed by atoms with Crippen LogP contribution >= 0.6 is 0 Å². The van der Waals surface area contributed by atoms with Gasteiger partial charge in [0.15, 0.2) is 11.6 Å². The van der Waals surface area contributed by atoms with Gasteiger partial charge < -0.3 is 15.2 Å². The summed E-state index contributed by atoms with van der Waals surface area (Å²) in [6.07, 6.45) is 5.61. The molecule has 1 saturated carbocycles. The first-order valence-corrected chi connectivity index (χ1v) is 9.14. The minimum Gasteiger partial charge on any atom is -0.344 e. The third kappa shape index (κ3) is 3.26. The zero-order valence-corrected chi connectivity index (χ0v) is 15.3. The van der Waals surface area contributed by atoms with Gasteiger partial charge in [0.05, 0.1) is 11.8 Å². The fourth-order valence-corrected chi connectivity index (χ4v) is 3.24. The molecular formula is C19H19FN8. The molecule has 142 valence electrons. The zero-order valence-electron chi connectivity index (χ0n) is 15.3. The SMILES string of the molecule is CN(Cc1cc(F)c2nc[nH]c2c1)c1nccc(Nc2cc(C3CC3)[nH]n2)n1. The van der Waals surface area contributed by atoms with Crippen LogP contribution in [0.4, 0.5) is 22.0 Å². The molecule has 1 aromatic carbocycles. The molecule has 3 N–H and O–H groups in total. The van der Waals surface area contributed by atoms with Gasteiger partial charge in [0.2, 0.25) is 5.95 Å². The molecule has 0 radical (unpaired) electrons. The highest BCUT2D eigenvalue weighted by atomic mass is 19.1. The number of benzene rings is 1. The molecule has 9 heteroatoms. The van der Waals surface area contributed by atoms with Crippen LogP contribution in [0.2, 0.25) is 0 Å². The van der Waals surface area contributed by atoms with Crippen LogP contribution in [0.3, 0.4) is 0 Å². The van der Waals surface area contributed by atoms with Crippen LogP contribution in [0.25, 0.3) is 11.0 Å². The number of halogens is 1. The second kappa shape index (κ2) is 6.59. The Kier molecular flexibility index (Phi) is 3.92. The van der Waals surface area contributed by atoms with Crippen LogP contribution in [-0.2, 0) is 6.54 Å². The van der Waals surface area contributed by atoms with Crippen molar-refractivity contribution in [1.29, 1.82) is 0 Å². The highest BCUT2D eigenvalue weighted by Gasteiger charge is 2.25. The van der Waals surface area contributed by atoms with E-state index in [0.29, 0.717) is 35.3 Å². The van der Waals surface area contributed by atoms with E-state index in [-0.39, 0.29) is 5.82 Å². The quantitative estimate of drug-likeness (QED) is 0.475. The Hall–Kier alpha value is -3.49. The predicted octanol–water partition coefficient (Wildman–Crippen LogP) is 3.47. The van der Waals surface area contributed by atoms with Gasteiger partial charge in [-0.25, -0.2) is 14.4 Å². The number of hydrogen-bond acceptors (Lipinski definition) is 6. The molecule has 0 spiro atoms. The third-order valence-electron chi connectivity index (χ3n) is 4.81. The van der Waals surface area contributed by atoms with Gasteiger partial charge in [-0.05, 0) is 36.6 Å². The number of aromatic nitrogens is 6. The Morgan fingerprint density at radius 3 is 2.96 bits per heavy atom. The lowest BCUT2D eigenvalue weighted by Gasteiger charge is -2.17. The van der Waals surface area contributed by atoms with Gasteiger partial charge in [-0.1, -0.05) is 0 Å². The lowest BCUT2D eigenvalue weighted by atomic mass is 10.2. The summed E-state index contributed by atoms with van der Waals surface area (Å²) < 4.78 is 14.2. The van der Waals surface area contributed by atoms with Crippen LogP contribution in [-0.4, -0.2) is 37.2 Å². The summed E-state index contributed by atoms with van der Waals surface area (Å²) in [6.45, 7) is 0.462. The number of imidazole rings is 1. The number of fused-ring (bicyclic) bond motifs is 1. The molecule has 0 bridgehead atoms. The average molecular weight is 378 g/mol. The number of rotatable bonds is 6. The minimum absolute atomic E-state index is 0.344. The predicted molar refractivity (Wildman–Crippen MR) is 104 cm³/mol. The molecule has 3 heterocycles. The fourth-order valence-electron chi connectivity index (χ4n) is 3.24. The minimum atomic E-state index is -0.344. The Morgan fingerprint density at radius 2 is 2.11 bits per heavy atom. The van der Waals surface area contributed by atoms with E-state index in [1.807, 2.05) is 24.1 Å². The first-order valence-electron chi connectivity index (χ1n) is 9.14. The molecule has 28 heavy (non-hydrogen) atoms. The van der Waals surface area contributed by atoms with Crippen LogP contribution in [0.5, 0.6) is 0 Å². The Labute approximate surface area is 160 Å². The molecule has 1 aliphatic carbocycles. The van der Waals surface area contributed by atoms with E-state index in [2.05, 4.69) is 35.5 Å². The first kappa shape index (κ1) is 16.7. The molecule has 1 fully saturated rings. The maximum Gasteiger partial charge on any atom is 0.227 e. The normalized spacial score (nSPS) is 13.8. The van der Waals surface area contributed by atoms with Gasteiger partial charge in [0.1, 0.15) is 11.3 Å². The van der Waals surface area contributed by atoms with E-state index in [1.165, 1.54) is 25.2 Å². The molecule has 0 unspecified atom stereocenters. The van der Waals surface area contributed by atoms with E-state index < -0.39 is 0 Å². The van der Waals surface area contributed by atoms with Crippen molar-refractivity contribution < 1.29 is 4.39 Å². The van der Waals surface area contributed by atoms with Crippen LogP contribution in [0.15, 0.2) is 36.8 Å². The highest BCUT2D eigenvalue weighted by molar-refractivity contribution is 5.76. The second-order valence-electron chi connectivity index (χ2n) is 7.08. The highest BCUT2D eigenvalue weighted by Crippen LogP contribution is 2.39. The lowest BCUT2D eigenvalue weighted by molar-refractivity contribution is 0.634. The van der Waals surface area contributed by atoms with Crippen LogP contribution in [0, 0.1) is 5.82 Å². The number of nitrogens with one attached hydrogen (secondary N) is 3. The van der Waals surface area contributed by atoms with Crippen molar-refractivity contribution in [1.82, 2.24) is 30.1 Å². The summed E-state index contributed by atoms with van der Waals surface area (Å²) in [5.74, 6) is 2.20. The summed E-state index contributed by atoms with van der Waals surface area (Å²) >= 11 is 0.